The highest BCUT2D eigenvalue weighted by atomic mass is 32.2. The molecule has 0 saturated heterocycles. The lowest BCUT2D eigenvalue weighted by Gasteiger charge is -2.17. The summed E-state index contributed by atoms with van der Waals surface area (Å²) in [5.41, 5.74) is 1.00. The van der Waals surface area contributed by atoms with E-state index in [0.29, 0.717) is 35.1 Å². The quantitative estimate of drug-likeness (QED) is 0.241. The van der Waals surface area contributed by atoms with E-state index in [1.807, 2.05) is 0 Å². The molecule has 0 radical (unpaired) electrons. The first kappa shape index (κ1) is 26.7. The zero-order chi connectivity index (χ0) is 28.9. The normalized spacial score (nSPS) is 14.4. The van der Waals surface area contributed by atoms with Crippen molar-refractivity contribution in [2.45, 2.75) is 50.5 Å². The van der Waals surface area contributed by atoms with E-state index in [2.05, 4.69) is 24.8 Å². The Morgan fingerprint density at radius 3 is 2.49 bits per heavy atom. The number of H-pyrrole nitrogens is 2. The summed E-state index contributed by atoms with van der Waals surface area (Å²) in [4.78, 5) is 35.4. The maximum absolute atomic E-state index is 14.7. The molecule has 1 atom stereocenters. The van der Waals surface area contributed by atoms with Crippen molar-refractivity contribution in [1.29, 1.82) is 0 Å². The Morgan fingerprint density at radius 1 is 1.10 bits per heavy atom. The molecule has 0 aliphatic heterocycles. The number of sulfonamides is 1. The number of halogens is 1. The number of hydrogen-bond donors (Lipinski definition) is 3. The van der Waals surface area contributed by atoms with Crippen molar-refractivity contribution in [3.05, 3.63) is 104 Å². The van der Waals surface area contributed by atoms with Crippen molar-refractivity contribution >= 4 is 26.9 Å². The van der Waals surface area contributed by atoms with Gasteiger partial charge in [0.25, 0.3) is 15.6 Å². The number of aryl methyl sites for hydroxylation is 2. The van der Waals surface area contributed by atoms with E-state index in [1.165, 1.54) is 17.6 Å². The van der Waals surface area contributed by atoms with Crippen LogP contribution >= 0.6 is 0 Å². The third kappa shape index (κ3) is 5.20. The van der Waals surface area contributed by atoms with Crippen LogP contribution in [0.2, 0.25) is 0 Å². The number of aromatic nitrogens is 5. The van der Waals surface area contributed by atoms with Gasteiger partial charge in [-0.15, -0.1) is 0 Å². The lowest BCUT2D eigenvalue weighted by atomic mass is 9.91. The number of fused-ring (bicyclic) bond motifs is 1. The minimum Gasteiger partial charge on any atom is -0.360 e. The fourth-order valence-electron chi connectivity index (χ4n) is 5.06. The van der Waals surface area contributed by atoms with Gasteiger partial charge in [-0.1, -0.05) is 35.5 Å². The molecule has 1 unspecified atom stereocenters. The number of rotatable bonds is 9. The molecule has 1 aliphatic rings. The van der Waals surface area contributed by atoms with Crippen molar-refractivity contribution in [3.8, 4) is 0 Å². The van der Waals surface area contributed by atoms with Gasteiger partial charge in [0.2, 0.25) is 0 Å². The van der Waals surface area contributed by atoms with Crippen LogP contribution in [0.5, 0.6) is 0 Å². The van der Waals surface area contributed by atoms with Crippen LogP contribution in [0.1, 0.15) is 47.2 Å². The van der Waals surface area contributed by atoms with Crippen molar-refractivity contribution in [3.63, 3.8) is 0 Å². The van der Waals surface area contributed by atoms with Crippen LogP contribution in [-0.4, -0.2) is 33.1 Å². The Labute approximate surface area is 233 Å². The SMILES string of the molecule is Cc1noc(C)c1S(=O)(=O)Nc1ccc(C(Cc2ccccc2F)c2nc3c([nH]2)c(=O)[nH]c(=O)n3CC2CC2)cc1. The predicted octanol–water partition coefficient (Wildman–Crippen LogP) is 3.74. The second kappa shape index (κ2) is 10.1. The van der Waals surface area contributed by atoms with Gasteiger partial charge in [0.05, 0.1) is 0 Å². The molecule has 3 heterocycles. The second-order valence-electron chi connectivity index (χ2n) is 10.4. The molecule has 0 bridgehead atoms. The molecule has 2 aromatic carbocycles. The molecule has 41 heavy (non-hydrogen) atoms. The van der Waals surface area contributed by atoms with Gasteiger partial charge in [0.1, 0.15) is 22.9 Å². The molecule has 5 aromatic rings. The van der Waals surface area contributed by atoms with E-state index in [0.717, 1.165) is 12.8 Å². The highest BCUT2D eigenvalue weighted by Gasteiger charge is 2.27. The van der Waals surface area contributed by atoms with Gasteiger partial charge in [-0.3, -0.25) is 19.1 Å². The van der Waals surface area contributed by atoms with Gasteiger partial charge in [-0.25, -0.2) is 22.6 Å². The number of imidazole rings is 1. The maximum Gasteiger partial charge on any atom is 0.330 e. The summed E-state index contributed by atoms with van der Waals surface area (Å²) >= 11 is 0. The lowest BCUT2D eigenvalue weighted by molar-refractivity contribution is 0.390. The summed E-state index contributed by atoms with van der Waals surface area (Å²) in [6.07, 6.45) is 2.21. The van der Waals surface area contributed by atoms with Gasteiger partial charge < -0.3 is 9.51 Å². The van der Waals surface area contributed by atoms with Crippen molar-refractivity contribution < 1.29 is 17.3 Å². The zero-order valence-electron chi connectivity index (χ0n) is 22.3. The number of nitrogens with one attached hydrogen (secondary N) is 3. The van der Waals surface area contributed by atoms with Crippen LogP contribution in [0.25, 0.3) is 11.2 Å². The van der Waals surface area contributed by atoms with E-state index >= 15 is 0 Å². The fourth-order valence-corrected chi connectivity index (χ4v) is 6.45. The molecular formula is C28H27FN6O5S. The monoisotopic (exact) mass is 578 g/mol. The van der Waals surface area contributed by atoms with Crippen LogP contribution in [0, 0.1) is 25.6 Å². The molecule has 1 saturated carbocycles. The summed E-state index contributed by atoms with van der Waals surface area (Å²) in [6.45, 7) is 3.52. The van der Waals surface area contributed by atoms with Crippen LogP contribution in [0.4, 0.5) is 10.1 Å². The lowest BCUT2D eigenvalue weighted by Crippen LogP contribution is -2.30. The van der Waals surface area contributed by atoms with Gasteiger partial charge in [0, 0.05) is 18.2 Å². The van der Waals surface area contributed by atoms with Gasteiger partial charge in [0.15, 0.2) is 16.3 Å². The Balaban J connectivity index is 1.39. The average Bonchev–Trinajstić information content (AvgIpc) is 3.53. The molecule has 0 spiro atoms. The van der Waals surface area contributed by atoms with Crippen molar-refractivity contribution in [2.75, 3.05) is 4.72 Å². The molecule has 0 amide bonds. The van der Waals surface area contributed by atoms with Gasteiger partial charge in [-0.2, -0.15) is 0 Å². The first-order chi connectivity index (χ1) is 19.6. The Bertz CT molecular complexity index is 1970. The summed E-state index contributed by atoms with van der Waals surface area (Å²) in [5.74, 6) is -0.0141. The summed E-state index contributed by atoms with van der Waals surface area (Å²) < 4.78 is 49.7. The average molecular weight is 579 g/mol. The summed E-state index contributed by atoms with van der Waals surface area (Å²) in [5, 5.41) is 3.72. The number of aromatic amines is 2. The Morgan fingerprint density at radius 2 is 1.83 bits per heavy atom. The predicted molar refractivity (Wildman–Crippen MR) is 149 cm³/mol. The third-order valence-electron chi connectivity index (χ3n) is 7.30. The molecule has 6 rings (SSSR count). The molecule has 13 heteroatoms. The maximum atomic E-state index is 14.7. The molecule has 1 aliphatic carbocycles. The molecular weight excluding hydrogens is 551 g/mol. The largest absolute Gasteiger partial charge is 0.360 e. The van der Waals surface area contributed by atoms with E-state index < -0.39 is 27.2 Å². The van der Waals surface area contributed by atoms with Gasteiger partial charge in [-0.05, 0) is 68.4 Å². The highest BCUT2D eigenvalue weighted by Crippen LogP contribution is 2.32. The smallest absolute Gasteiger partial charge is 0.330 e. The zero-order valence-corrected chi connectivity index (χ0v) is 23.1. The van der Waals surface area contributed by atoms with Crippen LogP contribution in [0.15, 0.2) is 67.5 Å². The van der Waals surface area contributed by atoms with Crippen molar-refractivity contribution in [2.24, 2.45) is 5.92 Å². The topological polar surface area (TPSA) is 156 Å². The van der Waals surface area contributed by atoms with E-state index in [1.54, 1.807) is 49.4 Å². The second-order valence-corrected chi connectivity index (χ2v) is 12.0. The fraction of sp³-hybridized carbons (Fsp3) is 0.286. The highest BCUT2D eigenvalue weighted by molar-refractivity contribution is 7.92. The molecule has 3 aromatic heterocycles. The number of nitrogens with zero attached hydrogens (tertiary/aromatic N) is 3. The molecule has 3 N–H and O–H groups in total. The standard InChI is InChI=1S/C28H27FN6O5S/c1-15-24(16(2)40-33-15)41(38,39)34-20-11-9-18(10-12-20)21(13-19-5-3-4-6-22(19)29)25-30-23-26(31-25)35(14-17-7-8-17)28(37)32-27(23)36/h3-6,9-12,17,21,34H,7-8,13-14H2,1-2H3,(H,30,31)(H,32,36,37). The summed E-state index contributed by atoms with van der Waals surface area (Å²) in [7, 11) is -3.95. The van der Waals surface area contributed by atoms with Crippen LogP contribution in [-0.2, 0) is 23.0 Å². The van der Waals surface area contributed by atoms with Gasteiger partial charge >= 0.3 is 5.69 Å². The molecule has 212 valence electrons. The summed E-state index contributed by atoms with van der Waals surface area (Å²) in [6, 6.07) is 13.0. The first-order valence-corrected chi connectivity index (χ1v) is 14.6. The molecule has 11 nitrogen and oxygen atoms in total. The van der Waals surface area contributed by atoms with Crippen LogP contribution in [0.3, 0.4) is 0 Å². The number of benzene rings is 2. The number of anilines is 1. The third-order valence-corrected chi connectivity index (χ3v) is 8.93. The molecule has 1 fully saturated rings. The Kier molecular flexibility index (Phi) is 6.60. The van der Waals surface area contributed by atoms with E-state index in [9.17, 15) is 22.4 Å². The minimum absolute atomic E-state index is 0.0243. The van der Waals surface area contributed by atoms with Crippen molar-refractivity contribution in [1.82, 2.24) is 24.7 Å². The van der Waals surface area contributed by atoms with Crippen LogP contribution < -0.4 is 16.0 Å². The minimum atomic E-state index is -3.95. The Hall–Kier alpha value is -4.52. The first-order valence-electron chi connectivity index (χ1n) is 13.1. The van der Waals surface area contributed by atoms with E-state index in [-0.39, 0.29) is 39.8 Å². The number of hydrogen-bond acceptors (Lipinski definition) is 7. The van der Waals surface area contributed by atoms with E-state index in [4.69, 9.17) is 4.52 Å².